The van der Waals surface area contributed by atoms with Gasteiger partial charge in [-0.3, -0.25) is 9.78 Å². The van der Waals surface area contributed by atoms with Crippen molar-refractivity contribution in [2.24, 2.45) is 0 Å². The van der Waals surface area contributed by atoms with Gasteiger partial charge in [0.2, 0.25) is 0 Å². The number of hydrogen-bond acceptors (Lipinski definition) is 4. The van der Waals surface area contributed by atoms with Gasteiger partial charge < -0.3 is 14.8 Å². The average Bonchev–Trinajstić information content (AvgIpc) is 2.73. The van der Waals surface area contributed by atoms with Crippen LogP contribution in [-0.4, -0.2) is 17.5 Å². The fourth-order valence-electron chi connectivity index (χ4n) is 2.56. The summed E-state index contributed by atoms with van der Waals surface area (Å²) in [6.07, 6.45) is 3.41. The van der Waals surface area contributed by atoms with Gasteiger partial charge in [0, 0.05) is 24.5 Å². The molecular formula is C22H21FN2O3. The van der Waals surface area contributed by atoms with Crippen LogP contribution in [0.15, 0.2) is 67.0 Å². The zero-order valence-electron chi connectivity index (χ0n) is 15.5. The highest BCUT2D eigenvalue weighted by atomic mass is 19.1. The maximum atomic E-state index is 13.0. The Hall–Kier alpha value is -3.41. The predicted octanol–water partition coefficient (Wildman–Crippen LogP) is 4.13. The van der Waals surface area contributed by atoms with Crippen molar-refractivity contribution in [2.45, 2.75) is 20.1 Å². The van der Waals surface area contributed by atoms with Crippen molar-refractivity contribution in [3.8, 4) is 11.5 Å². The van der Waals surface area contributed by atoms with Crippen molar-refractivity contribution in [1.82, 2.24) is 10.3 Å². The molecule has 0 aliphatic heterocycles. The normalized spacial score (nSPS) is 10.4. The van der Waals surface area contributed by atoms with Crippen molar-refractivity contribution in [3.05, 3.63) is 89.5 Å². The number of hydrogen-bond donors (Lipinski definition) is 1. The second-order valence-electron chi connectivity index (χ2n) is 6.05. The van der Waals surface area contributed by atoms with E-state index in [0.29, 0.717) is 36.8 Å². The number of carbonyl (C=O) groups excluding carboxylic acids is 1. The third-order valence-electron chi connectivity index (χ3n) is 4.02. The Bertz CT molecular complexity index is 915. The van der Waals surface area contributed by atoms with Gasteiger partial charge in [-0.2, -0.15) is 0 Å². The Morgan fingerprint density at radius 1 is 0.964 bits per heavy atom. The van der Waals surface area contributed by atoms with Gasteiger partial charge in [0.25, 0.3) is 5.91 Å². The highest BCUT2D eigenvalue weighted by Crippen LogP contribution is 2.29. The molecule has 0 fully saturated rings. The second-order valence-corrected chi connectivity index (χ2v) is 6.05. The number of amides is 1. The van der Waals surface area contributed by atoms with E-state index in [2.05, 4.69) is 10.3 Å². The number of benzene rings is 2. The minimum Gasteiger partial charge on any atom is -0.490 e. The van der Waals surface area contributed by atoms with Crippen LogP contribution in [-0.2, 0) is 13.2 Å². The summed E-state index contributed by atoms with van der Waals surface area (Å²) in [5.74, 6) is 0.518. The number of carbonyl (C=O) groups is 1. The van der Waals surface area contributed by atoms with Gasteiger partial charge in [-0.25, -0.2) is 4.39 Å². The van der Waals surface area contributed by atoms with Crippen molar-refractivity contribution >= 4 is 5.91 Å². The molecule has 6 heteroatoms. The second kappa shape index (κ2) is 9.50. The van der Waals surface area contributed by atoms with E-state index in [-0.39, 0.29) is 11.7 Å². The van der Waals surface area contributed by atoms with E-state index >= 15 is 0 Å². The third kappa shape index (κ3) is 5.30. The molecule has 144 valence electrons. The largest absolute Gasteiger partial charge is 0.490 e. The molecule has 1 N–H and O–H groups in total. The molecule has 28 heavy (non-hydrogen) atoms. The molecule has 1 heterocycles. The number of nitrogens with zero attached hydrogens (tertiary/aromatic N) is 1. The molecule has 2 aromatic carbocycles. The first kappa shape index (κ1) is 19.4. The molecule has 0 bridgehead atoms. The Kier molecular flexibility index (Phi) is 6.57. The van der Waals surface area contributed by atoms with Crippen LogP contribution in [0, 0.1) is 5.82 Å². The lowest BCUT2D eigenvalue weighted by atomic mass is 10.1. The topological polar surface area (TPSA) is 60.5 Å². The molecule has 0 aliphatic carbocycles. The van der Waals surface area contributed by atoms with Crippen molar-refractivity contribution in [2.75, 3.05) is 6.61 Å². The van der Waals surface area contributed by atoms with Crippen LogP contribution in [0.5, 0.6) is 11.5 Å². The highest BCUT2D eigenvalue weighted by Gasteiger charge is 2.12. The maximum absolute atomic E-state index is 13.0. The Balaban J connectivity index is 1.66. The first-order chi connectivity index (χ1) is 13.7. The predicted molar refractivity (Wildman–Crippen MR) is 104 cm³/mol. The number of aromatic nitrogens is 1. The van der Waals surface area contributed by atoms with Gasteiger partial charge >= 0.3 is 0 Å². The van der Waals surface area contributed by atoms with Gasteiger partial charge in [-0.05, 0) is 60.5 Å². The lowest BCUT2D eigenvalue weighted by Gasteiger charge is -2.13. The zero-order chi connectivity index (χ0) is 19.8. The number of pyridine rings is 1. The number of rotatable bonds is 8. The van der Waals surface area contributed by atoms with Crippen molar-refractivity contribution in [3.63, 3.8) is 0 Å². The van der Waals surface area contributed by atoms with E-state index in [9.17, 15) is 9.18 Å². The molecule has 3 aromatic rings. The summed E-state index contributed by atoms with van der Waals surface area (Å²) in [4.78, 5) is 16.4. The number of halogens is 1. The highest BCUT2D eigenvalue weighted by molar-refractivity contribution is 5.94. The SMILES string of the molecule is CCOc1cc(C(=O)NCc2ccc(F)cc2)ccc1OCc1ccncc1. The van der Waals surface area contributed by atoms with Crippen molar-refractivity contribution < 1.29 is 18.7 Å². The summed E-state index contributed by atoms with van der Waals surface area (Å²) >= 11 is 0. The summed E-state index contributed by atoms with van der Waals surface area (Å²) in [7, 11) is 0. The molecule has 0 aliphatic rings. The minimum atomic E-state index is -0.307. The summed E-state index contributed by atoms with van der Waals surface area (Å²) < 4.78 is 24.4. The first-order valence-corrected chi connectivity index (χ1v) is 8.97. The fraction of sp³-hybridized carbons (Fsp3) is 0.182. The molecule has 1 amide bonds. The first-order valence-electron chi connectivity index (χ1n) is 8.97. The van der Waals surface area contributed by atoms with Crippen LogP contribution in [0.2, 0.25) is 0 Å². The molecule has 0 radical (unpaired) electrons. The summed E-state index contributed by atoms with van der Waals surface area (Å²) in [6.45, 7) is 3.00. The van der Waals surface area contributed by atoms with E-state index < -0.39 is 0 Å². The lowest BCUT2D eigenvalue weighted by molar-refractivity contribution is 0.0950. The lowest BCUT2D eigenvalue weighted by Crippen LogP contribution is -2.22. The van der Waals surface area contributed by atoms with Gasteiger partial charge in [0.1, 0.15) is 12.4 Å². The minimum absolute atomic E-state index is 0.244. The quantitative estimate of drug-likeness (QED) is 0.638. The smallest absolute Gasteiger partial charge is 0.251 e. The fourth-order valence-corrected chi connectivity index (χ4v) is 2.56. The molecule has 0 unspecified atom stereocenters. The molecule has 0 spiro atoms. The van der Waals surface area contributed by atoms with E-state index in [4.69, 9.17) is 9.47 Å². The standard InChI is InChI=1S/C22H21FN2O3/c1-2-27-21-13-18(22(26)25-14-16-3-6-19(23)7-4-16)5-8-20(21)28-15-17-9-11-24-12-10-17/h3-13H,2,14-15H2,1H3,(H,25,26). The van der Waals surface area contributed by atoms with Crippen LogP contribution >= 0.6 is 0 Å². The van der Waals surface area contributed by atoms with E-state index in [0.717, 1.165) is 11.1 Å². The maximum Gasteiger partial charge on any atom is 0.251 e. The average molecular weight is 380 g/mol. The van der Waals surface area contributed by atoms with E-state index in [1.165, 1.54) is 12.1 Å². The van der Waals surface area contributed by atoms with E-state index in [1.54, 1.807) is 42.7 Å². The Labute approximate surface area is 163 Å². The van der Waals surface area contributed by atoms with Crippen LogP contribution in [0.4, 0.5) is 4.39 Å². The monoisotopic (exact) mass is 380 g/mol. The molecule has 0 saturated carbocycles. The number of ether oxygens (including phenoxy) is 2. The summed E-state index contributed by atoms with van der Waals surface area (Å²) in [5.41, 5.74) is 2.26. The van der Waals surface area contributed by atoms with Crippen LogP contribution < -0.4 is 14.8 Å². The molecule has 1 aromatic heterocycles. The Morgan fingerprint density at radius 2 is 1.71 bits per heavy atom. The zero-order valence-corrected chi connectivity index (χ0v) is 15.5. The summed E-state index contributed by atoms with van der Waals surface area (Å²) in [6, 6.07) is 14.8. The third-order valence-corrected chi connectivity index (χ3v) is 4.02. The van der Waals surface area contributed by atoms with Gasteiger partial charge in [0.15, 0.2) is 11.5 Å². The molecule has 0 atom stereocenters. The van der Waals surface area contributed by atoms with Gasteiger partial charge in [0.05, 0.1) is 6.61 Å². The Morgan fingerprint density at radius 3 is 2.43 bits per heavy atom. The molecule has 0 saturated heterocycles. The van der Waals surface area contributed by atoms with Gasteiger partial charge in [-0.15, -0.1) is 0 Å². The molecule has 3 rings (SSSR count). The van der Waals surface area contributed by atoms with Gasteiger partial charge in [-0.1, -0.05) is 12.1 Å². The van der Waals surface area contributed by atoms with Crippen molar-refractivity contribution in [1.29, 1.82) is 0 Å². The molecule has 5 nitrogen and oxygen atoms in total. The van der Waals surface area contributed by atoms with Crippen LogP contribution in [0.1, 0.15) is 28.4 Å². The van der Waals surface area contributed by atoms with Crippen LogP contribution in [0.25, 0.3) is 0 Å². The van der Waals surface area contributed by atoms with Crippen LogP contribution in [0.3, 0.4) is 0 Å². The van der Waals surface area contributed by atoms with E-state index in [1.807, 2.05) is 19.1 Å². The number of nitrogens with one attached hydrogen (secondary N) is 1. The molecular weight excluding hydrogens is 359 g/mol. The summed E-state index contributed by atoms with van der Waals surface area (Å²) in [5, 5.41) is 2.82.